The third kappa shape index (κ3) is 11.2. The molecule has 11 heavy (non-hydrogen) atoms. The normalized spacial score (nSPS) is 10.5. The number of allylic oxidation sites excluding steroid dienone is 1. The molecule has 0 aromatic rings. The number of rotatable bonds is 4. The molecule has 0 radical (unpaired) electrons. The molecule has 0 saturated carbocycles. The van der Waals surface area contributed by atoms with Crippen molar-refractivity contribution < 1.29 is 14.4 Å². The molecule has 0 atom stereocenters. The van der Waals surface area contributed by atoms with Crippen LogP contribution in [0.25, 0.3) is 0 Å². The maximum absolute atomic E-state index is 10.3. The van der Waals surface area contributed by atoms with Gasteiger partial charge in [-0.1, -0.05) is 13.5 Å². The second-order valence-corrected chi connectivity index (χ2v) is 4.88. The summed E-state index contributed by atoms with van der Waals surface area (Å²) in [4.78, 5) is 17.5. The van der Waals surface area contributed by atoms with Gasteiger partial charge < -0.3 is 9.79 Å². The Morgan fingerprint density at radius 1 is 1.64 bits per heavy atom. The molecule has 0 unspecified atom stereocenters. The average molecular weight is 206 g/mol. The van der Waals surface area contributed by atoms with Gasteiger partial charge in [-0.25, -0.2) is 0 Å². The zero-order chi connectivity index (χ0) is 8.20. The van der Waals surface area contributed by atoms with Crippen LogP contribution in [-0.4, -0.2) is 51.3 Å². The molecule has 6 heteroatoms. The molecule has 0 rings (SSSR count). The van der Waals surface area contributed by atoms with Crippen LogP contribution < -0.4 is 0 Å². The Morgan fingerprint density at radius 2 is 2.09 bits per heavy atom. The average Bonchev–Trinajstić information content (AvgIpc) is 1.59. The van der Waals surface area contributed by atoms with Gasteiger partial charge in [0.05, 0.1) is 6.16 Å². The molecule has 0 aliphatic heterocycles. The fraction of sp³-hybridized carbons (Fsp3) is 0.600. The van der Waals surface area contributed by atoms with Crippen LogP contribution in [0.5, 0.6) is 0 Å². The first-order valence-electron chi connectivity index (χ1n) is 2.81. The first-order chi connectivity index (χ1) is 4.45. The van der Waals surface area contributed by atoms with E-state index in [-0.39, 0.29) is 35.7 Å². The zero-order valence-electron chi connectivity index (χ0n) is 5.78. The van der Waals surface area contributed by atoms with Crippen molar-refractivity contribution in [3.63, 3.8) is 0 Å². The van der Waals surface area contributed by atoms with E-state index in [1.165, 1.54) is 11.8 Å². The third-order valence-corrected chi connectivity index (χ3v) is 2.58. The molecule has 62 valence electrons. The van der Waals surface area contributed by atoms with E-state index in [4.69, 9.17) is 9.79 Å². The molecule has 2 N–H and O–H groups in total. The fourth-order valence-electron chi connectivity index (χ4n) is 0.479. The second-order valence-electron chi connectivity index (χ2n) is 1.79. The Hall–Kier alpha value is 1.24. The first kappa shape index (κ1) is 14.7. The van der Waals surface area contributed by atoms with Crippen molar-refractivity contribution >= 4 is 48.9 Å². The molecule has 0 amide bonds. The molecule has 0 aliphatic rings. The van der Waals surface area contributed by atoms with Gasteiger partial charge in [0, 0.05) is 0 Å². The van der Waals surface area contributed by atoms with Crippen molar-refractivity contribution in [2.75, 3.05) is 11.9 Å². The molecule has 0 aliphatic carbocycles. The van der Waals surface area contributed by atoms with Gasteiger partial charge >= 0.3 is 37.2 Å². The molecule has 0 aromatic carbocycles. The van der Waals surface area contributed by atoms with Crippen LogP contribution in [0.3, 0.4) is 0 Å². The fourth-order valence-corrected chi connectivity index (χ4v) is 2.22. The minimum absolute atomic E-state index is 0. The number of thioether (sulfide) groups is 1. The Kier molecular flexibility index (Phi) is 9.01. The van der Waals surface area contributed by atoms with E-state index in [2.05, 4.69) is 6.58 Å². The Bertz CT molecular complexity index is 167. The maximum atomic E-state index is 10.3. The minimum atomic E-state index is -3.87. The van der Waals surface area contributed by atoms with Gasteiger partial charge in [-0.15, -0.1) is 11.8 Å². The Morgan fingerprint density at radius 3 is 2.36 bits per heavy atom. The first-order valence-corrected chi connectivity index (χ1v) is 5.59. The molecular weight excluding hydrogens is 194 g/mol. The predicted molar refractivity (Wildman–Crippen MR) is 51.3 cm³/mol. The number of hydrogen-bond donors (Lipinski definition) is 2. The van der Waals surface area contributed by atoms with Crippen LogP contribution in [0.15, 0.2) is 11.5 Å². The van der Waals surface area contributed by atoms with Gasteiger partial charge in [-0.2, -0.15) is 0 Å². The van der Waals surface area contributed by atoms with Crippen LogP contribution in [0, 0.1) is 0 Å². The SMILES string of the molecule is C=C(CP(=O)(O)O)SCC.[NaH]. The standard InChI is InChI=1S/C5H11O3PS.Na.H/c1-3-10-5(2)4-9(6,7)8;;/h2-4H2,1H3,(H2,6,7,8);;. The summed E-state index contributed by atoms with van der Waals surface area (Å²) in [6, 6.07) is 0. The van der Waals surface area contributed by atoms with Crippen LogP contribution in [-0.2, 0) is 4.57 Å². The van der Waals surface area contributed by atoms with Gasteiger partial charge in [0.2, 0.25) is 0 Å². The molecule has 0 aromatic heterocycles. The van der Waals surface area contributed by atoms with Gasteiger partial charge in [0.25, 0.3) is 0 Å². The van der Waals surface area contributed by atoms with E-state index in [9.17, 15) is 4.57 Å². The van der Waals surface area contributed by atoms with Gasteiger partial charge in [-0.3, -0.25) is 4.57 Å². The molecule has 3 nitrogen and oxygen atoms in total. The summed E-state index contributed by atoms with van der Waals surface area (Å²) in [5.74, 6) is 0.804. The molecule has 0 heterocycles. The molecule has 0 fully saturated rings. The summed E-state index contributed by atoms with van der Waals surface area (Å²) in [6.07, 6.45) is -0.203. The van der Waals surface area contributed by atoms with E-state index in [0.717, 1.165) is 5.75 Å². The molecule has 0 saturated heterocycles. The van der Waals surface area contributed by atoms with Gasteiger partial charge in [-0.05, 0) is 10.7 Å². The molecule has 0 spiro atoms. The summed E-state index contributed by atoms with van der Waals surface area (Å²) in [5, 5.41) is 0. The van der Waals surface area contributed by atoms with Crippen molar-refractivity contribution in [1.29, 1.82) is 0 Å². The van der Waals surface area contributed by atoms with Crippen molar-refractivity contribution in [3.8, 4) is 0 Å². The summed E-state index contributed by atoms with van der Waals surface area (Å²) < 4.78 is 10.3. The number of hydrogen-bond acceptors (Lipinski definition) is 2. The van der Waals surface area contributed by atoms with Crippen molar-refractivity contribution in [3.05, 3.63) is 11.5 Å². The van der Waals surface area contributed by atoms with Gasteiger partial charge in [0.1, 0.15) is 0 Å². The van der Waals surface area contributed by atoms with E-state index in [1.807, 2.05) is 6.92 Å². The summed E-state index contributed by atoms with van der Waals surface area (Å²) in [6.45, 7) is 5.41. The summed E-state index contributed by atoms with van der Waals surface area (Å²) in [7, 11) is -3.87. The Labute approximate surface area is 93.1 Å². The van der Waals surface area contributed by atoms with Crippen LogP contribution in [0.1, 0.15) is 6.92 Å². The van der Waals surface area contributed by atoms with Crippen molar-refractivity contribution in [1.82, 2.24) is 0 Å². The van der Waals surface area contributed by atoms with E-state index in [1.54, 1.807) is 0 Å². The van der Waals surface area contributed by atoms with E-state index < -0.39 is 7.60 Å². The van der Waals surface area contributed by atoms with Crippen molar-refractivity contribution in [2.24, 2.45) is 0 Å². The van der Waals surface area contributed by atoms with Crippen molar-refractivity contribution in [2.45, 2.75) is 6.92 Å². The van der Waals surface area contributed by atoms with Crippen LogP contribution in [0.2, 0.25) is 0 Å². The molecule has 0 bridgehead atoms. The van der Waals surface area contributed by atoms with Crippen LogP contribution >= 0.6 is 19.4 Å². The second kappa shape index (κ2) is 6.72. The quantitative estimate of drug-likeness (QED) is 0.527. The monoisotopic (exact) mass is 206 g/mol. The third-order valence-electron chi connectivity index (χ3n) is 0.731. The molecular formula is C5H12NaO3PS. The summed E-state index contributed by atoms with van der Waals surface area (Å²) >= 11 is 1.37. The predicted octanol–water partition coefficient (Wildman–Crippen LogP) is 0.782. The van der Waals surface area contributed by atoms with Crippen LogP contribution in [0.4, 0.5) is 0 Å². The summed E-state index contributed by atoms with van der Waals surface area (Å²) in [5.41, 5.74) is 0. The topological polar surface area (TPSA) is 57.5 Å². The zero-order valence-corrected chi connectivity index (χ0v) is 7.49. The Balaban J connectivity index is 0. The van der Waals surface area contributed by atoms with Gasteiger partial charge in [0.15, 0.2) is 0 Å². The van der Waals surface area contributed by atoms with E-state index in [0.29, 0.717) is 4.91 Å². The van der Waals surface area contributed by atoms with E-state index >= 15 is 0 Å².